The molecule has 0 spiro atoms. The summed E-state index contributed by atoms with van der Waals surface area (Å²) in [4.78, 5) is 42.6. The average molecular weight is 479 g/mol. The summed E-state index contributed by atoms with van der Waals surface area (Å²) in [5.74, 6) is -0.363. The number of carbonyl (C=O) groups excluding carboxylic acids is 2. The highest BCUT2D eigenvalue weighted by molar-refractivity contribution is 5.91. The zero-order valence-corrected chi connectivity index (χ0v) is 20.4. The number of carboxylic acid groups (broad SMARTS) is 2. The number of aliphatic hydroxyl groups is 1. The lowest BCUT2D eigenvalue weighted by Crippen LogP contribution is -2.51. The Labute approximate surface area is 200 Å². The number of carbonyl (C=O) groups is 4. The molecule has 1 amide bonds. The molecular weight excluding hydrogens is 440 g/mol. The maximum absolute atomic E-state index is 11.8. The zero-order chi connectivity index (χ0) is 25.3. The number of ketones is 1. The largest absolute Gasteiger partial charge is 0.480 e. The van der Waals surface area contributed by atoms with Gasteiger partial charge in [-0.15, -0.1) is 0 Å². The summed E-state index contributed by atoms with van der Waals surface area (Å²) in [5, 5.41) is 27.9. The summed E-state index contributed by atoms with van der Waals surface area (Å²) in [5.41, 5.74) is 3.96. The van der Waals surface area contributed by atoms with E-state index in [1.165, 1.54) is 31.3 Å². The Morgan fingerprint density at radius 1 is 1.00 bits per heavy atom. The summed E-state index contributed by atoms with van der Waals surface area (Å²) < 4.78 is 0. The molecule has 0 saturated heterocycles. The van der Waals surface area contributed by atoms with Crippen LogP contribution in [0.1, 0.15) is 72.1 Å². The van der Waals surface area contributed by atoms with E-state index in [9.17, 15) is 24.3 Å². The first kappa shape index (κ1) is 26.3. The van der Waals surface area contributed by atoms with Gasteiger partial charge in [-0.3, -0.25) is 24.6 Å². The summed E-state index contributed by atoms with van der Waals surface area (Å²) in [6.45, 7) is 4.83. The first-order valence-electron chi connectivity index (χ1n) is 12.2. The minimum atomic E-state index is -1.21. The molecule has 0 aromatic rings. The van der Waals surface area contributed by atoms with E-state index in [1.807, 2.05) is 6.08 Å². The van der Waals surface area contributed by atoms with Gasteiger partial charge in [-0.1, -0.05) is 19.4 Å². The van der Waals surface area contributed by atoms with Gasteiger partial charge < -0.3 is 15.3 Å². The highest BCUT2D eigenvalue weighted by Crippen LogP contribution is 2.65. The minimum absolute atomic E-state index is 0.0823. The van der Waals surface area contributed by atoms with Crippen molar-refractivity contribution in [2.24, 2.45) is 28.6 Å². The van der Waals surface area contributed by atoms with Crippen molar-refractivity contribution >= 4 is 23.6 Å². The molecular formula is C25H38N2O7. The Morgan fingerprint density at radius 3 is 2.24 bits per heavy atom. The molecule has 0 heterocycles. The lowest BCUT2D eigenvalue weighted by Gasteiger charge is -2.57. The lowest BCUT2D eigenvalue weighted by atomic mass is 9.47. The molecule has 0 aromatic carbocycles. The fourth-order valence-electron chi connectivity index (χ4n) is 7.22. The molecule has 3 saturated carbocycles. The fraction of sp³-hybridized carbons (Fsp3) is 0.760. The van der Waals surface area contributed by atoms with Crippen LogP contribution in [0.25, 0.3) is 0 Å². The van der Waals surface area contributed by atoms with Crippen LogP contribution in [0, 0.1) is 28.6 Å². The molecule has 3 fully saturated rings. The second kappa shape index (κ2) is 10.2. The highest BCUT2D eigenvalue weighted by Gasteiger charge is 2.58. The number of nitrogens with zero attached hydrogens (tertiary/aromatic N) is 1. The third kappa shape index (κ3) is 5.35. The number of rotatable bonds is 5. The van der Waals surface area contributed by atoms with Gasteiger partial charge in [0.25, 0.3) is 0 Å². The summed E-state index contributed by atoms with van der Waals surface area (Å²) in [6.07, 6.45) is 10.7. The Balaban J connectivity index is 0.000000218. The molecule has 0 bridgehead atoms. The van der Waals surface area contributed by atoms with Crippen molar-refractivity contribution in [2.75, 3.05) is 13.1 Å². The summed E-state index contributed by atoms with van der Waals surface area (Å²) in [7, 11) is 0. The first-order chi connectivity index (χ1) is 15.9. The second-order valence-corrected chi connectivity index (χ2v) is 10.9. The lowest BCUT2D eigenvalue weighted by molar-refractivity contribution is -0.144. The van der Waals surface area contributed by atoms with E-state index in [0.717, 1.165) is 49.5 Å². The molecule has 0 radical (unpaired) electrons. The molecule has 0 unspecified atom stereocenters. The van der Waals surface area contributed by atoms with E-state index in [0.29, 0.717) is 11.7 Å². The first-order valence-corrected chi connectivity index (χ1v) is 12.2. The quantitative estimate of drug-likeness (QED) is 0.441. The van der Waals surface area contributed by atoms with E-state index < -0.39 is 30.9 Å². The molecule has 9 nitrogen and oxygen atoms in total. The molecule has 0 aliphatic heterocycles. The second-order valence-electron chi connectivity index (χ2n) is 10.9. The van der Waals surface area contributed by atoms with Crippen molar-refractivity contribution in [1.29, 1.82) is 0 Å². The van der Waals surface area contributed by atoms with E-state index in [2.05, 4.69) is 19.3 Å². The van der Waals surface area contributed by atoms with Gasteiger partial charge in [-0.2, -0.15) is 5.01 Å². The number of aliphatic hydroxyl groups excluding tert-OH is 1. The number of carboxylic acids is 2. The molecule has 9 heteroatoms. The van der Waals surface area contributed by atoms with Crippen LogP contribution < -0.4 is 5.43 Å². The van der Waals surface area contributed by atoms with Crippen molar-refractivity contribution in [2.45, 2.75) is 78.2 Å². The average Bonchev–Trinajstić information content (AvgIpc) is 3.02. The van der Waals surface area contributed by atoms with Crippen LogP contribution in [0.3, 0.4) is 0 Å². The Hall–Kier alpha value is -2.26. The number of hydrogen-bond donors (Lipinski definition) is 4. The predicted molar refractivity (Wildman–Crippen MR) is 123 cm³/mol. The molecule has 6 atom stereocenters. The Morgan fingerprint density at radius 2 is 1.65 bits per heavy atom. The molecule has 190 valence electrons. The number of allylic oxidation sites excluding steroid dienone is 1. The molecule has 4 rings (SSSR count). The van der Waals surface area contributed by atoms with Crippen LogP contribution in [0.4, 0.5) is 0 Å². The summed E-state index contributed by atoms with van der Waals surface area (Å²) >= 11 is 0. The fourth-order valence-corrected chi connectivity index (χ4v) is 7.22. The number of aliphatic carboxylic acids is 2. The van der Waals surface area contributed by atoms with E-state index in [-0.39, 0.29) is 16.9 Å². The van der Waals surface area contributed by atoms with E-state index in [4.69, 9.17) is 10.2 Å². The maximum Gasteiger partial charge on any atom is 0.319 e. The van der Waals surface area contributed by atoms with Gasteiger partial charge in [0.1, 0.15) is 13.1 Å². The van der Waals surface area contributed by atoms with Crippen LogP contribution in [0.2, 0.25) is 0 Å². The van der Waals surface area contributed by atoms with Gasteiger partial charge in [-0.25, -0.2) is 0 Å². The monoisotopic (exact) mass is 478 g/mol. The molecule has 34 heavy (non-hydrogen) atoms. The SMILES string of the molecule is CC(=O)NN(CC(=O)O)CC(=O)O.C[C@]12CC[C@H]3[C@@H](CCC4=CC(=O)CC[C@@]43C)[C@@H]1CC[C@@H]2O. The van der Waals surface area contributed by atoms with Crippen molar-refractivity contribution in [1.82, 2.24) is 10.4 Å². The normalized spacial score (nSPS) is 36.3. The van der Waals surface area contributed by atoms with Gasteiger partial charge in [0.15, 0.2) is 5.78 Å². The van der Waals surface area contributed by atoms with E-state index in [1.54, 1.807) is 0 Å². The number of hydrazine groups is 1. The van der Waals surface area contributed by atoms with Crippen molar-refractivity contribution < 1.29 is 34.5 Å². The number of amides is 1. The van der Waals surface area contributed by atoms with Crippen molar-refractivity contribution in [3.05, 3.63) is 11.6 Å². The van der Waals surface area contributed by atoms with Crippen LogP contribution in [0.5, 0.6) is 0 Å². The van der Waals surface area contributed by atoms with Crippen LogP contribution in [-0.2, 0) is 19.2 Å². The topological polar surface area (TPSA) is 144 Å². The standard InChI is InChI=1S/C19H28O2.C6H10N2O5/c1-18-9-7-13(20)11-12(18)3-4-14-15-5-6-17(21)19(15,2)10-8-16(14)18;1-4(9)7-8(2-5(10)11)3-6(12)13/h11,14-17,21H,3-10H2,1-2H3;2-3H2,1H3,(H,7,9)(H,10,11)(H,12,13)/t14-,15-,16-,17-,18-,19-;/m0./s1. The molecule has 4 aliphatic carbocycles. The van der Waals surface area contributed by atoms with Gasteiger partial charge in [-0.05, 0) is 79.6 Å². The Bertz CT molecular complexity index is 833. The van der Waals surface area contributed by atoms with Crippen molar-refractivity contribution in [3.8, 4) is 0 Å². The van der Waals surface area contributed by atoms with Crippen LogP contribution >= 0.6 is 0 Å². The molecule has 4 N–H and O–H groups in total. The molecule has 0 aromatic heterocycles. The minimum Gasteiger partial charge on any atom is -0.480 e. The highest BCUT2D eigenvalue weighted by atomic mass is 16.4. The van der Waals surface area contributed by atoms with Crippen LogP contribution in [-0.4, -0.2) is 63.2 Å². The molecule has 4 aliphatic rings. The zero-order valence-electron chi connectivity index (χ0n) is 20.4. The number of fused-ring (bicyclic) bond motifs is 5. The summed E-state index contributed by atoms with van der Waals surface area (Å²) in [6, 6.07) is 0. The van der Waals surface area contributed by atoms with Gasteiger partial charge in [0.2, 0.25) is 5.91 Å². The van der Waals surface area contributed by atoms with Gasteiger partial charge >= 0.3 is 11.9 Å². The Kier molecular flexibility index (Phi) is 7.87. The van der Waals surface area contributed by atoms with Gasteiger partial charge in [0, 0.05) is 13.3 Å². The predicted octanol–water partition coefficient (Wildman–Crippen LogP) is 2.39. The number of nitrogens with one attached hydrogen (secondary N) is 1. The third-order valence-corrected chi connectivity index (χ3v) is 8.88. The van der Waals surface area contributed by atoms with Crippen LogP contribution in [0.15, 0.2) is 11.6 Å². The smallest absolute Gasteiger partial charge is 0.319 e. The van der Waals surface area contributed by atoms with E-state index >= 15 is 0 Å². The third-order valence-electron chi connectivity index (χ3n) is 8.88. The number of hydrogen-bond acceptors (Lipinski definition) is 6. The van der Waals surface area contributed by atoms with Crippen molar-refractivity contribution in [3.63, 3.8) is 0 Å². The van der Waals surface area contributed by atoms with Gasteiger partial charge in [0.05, 0.1) is 6.10 Å². The maximum atomic E-state index is 11.8.